The summed E-state index contributed by atoms with van der Waals surface area (Å²) in [5.41, 5.74) is 1.42. The van der Waals surface area contributed by atoms with E-state index < -0.39 is 11.9 Å². The van der Waals surface area contributed by atoms with E-state index in [9.17, 15) is 14.7 Å². The minimum atomic E-state index is -1.26. The number of hydrogen-bond acceptors (Lipinski definition) is 5. The lowest BCUT2D eigenvalue weighted by atomic mass is 9.95. The maximum absolute atomic E-state index is 12.5. The number of anilines is 1. The first-order valence-electron chi connectivity index (χ1n) is 7.79. The maximum atomic E-state index is 12.5. The van der Waals surface area contributed by atoms with Crippen LogP contribution in [-0.2, 0) is 16.0 Å². The molecule has 0 aromatic heterocycles. The van der Waals surface area contributed by atoms with E-state index in [0.717, 1.165) is 5.56 Å². The van der Waals surface area contributed by atoms with Crippen molar-refractivity contribution in [2.24, 2.45) is 5.92 Å². The van der Waals surface area contributed by atoms with Gasteiger partial charge in [-0.3, -0.25) is 4.79 Å². The molecule has 1 atom stereocenters. The number of nitrogens with one attached hydrogen (secondary N) is 1. The highest BCUT2D eigenvalue weighted by Gasteiger charge is 2.19. The fourth-order valence-electron chi connectivity index (χ4n) is 2.42. The highest BCUT2D eigenvalue weighted by molar-refractivity contribution is 5.94. The Labute approximate surface area is 146 Å². The lowest BCUT2D eigenvalue weighted by Gasteiger charge is -2.18. The summed E-state index contributed by atoms with van der Waals surface area (Å²) in [5, 5.41) is 13.7. The molecule has 0 aliphatic heterocycles. The fraction of sp³-hybridized carbons (Fsp3) is 0.263. The molecule has 0 radical (unpaired) electrons. The molecule has 132 valence electrons. The van der Waals surface area contributed by atoms with Crippen LogP contribution in [0.5, 0.6) is 11.5 Å². The molecule has 2 aromatic carbocycles. The summed E-state index contributed by atoms with van der Waals surface area (Å²) in [4.78, 5) is 23.5. The predicted molar refractivity (Wildman–Crippen MR) is 91.4 cm³/mol. The number of benzene rings is 2. The number of amides is 1. The summed E-state index contributed by atoms with van der Waals surface area (Å²) in [6.07, 6.45) is -0.0615. The average molecular weight is 342 g/mol. The van der Waals surface area contributed by atoms with Gasteiger partial charge in [0.25, 0.3) is 0 Å². The molecule has 0 aliphatic carbocycles. The molecular formula is C19H20NO5-. The number of methoxy groups -OCH3 is 2. The van der Waals surface area contributed by atoms with Gasteiger partial charge in [0.05, 0.1) is 14.2 Å². The smallest absolute Gasteiger partial charge is 0.228 e. The summed E-state index contributed by atoms with van der Waals surface area (Å²) in [6.45, 7) is 0. The maximum Gasteiger partial charge on any atom is 0.228 e. The van der Waals surface area contributed by atoms with Crippen LogP contribution in [0.25, 0.3) is 0 Å². The van der Waals surface area contributed by atoms with Crippen molar-refractivity contribution in [3.05, 3.63) is 54.1 Å². The Hall–Kier alpha value is -3.02. The van der Waals surface area contributed by atoms with Crippen molar-refractivity contribution in [3.8, 4) is 11.5 Å². The van der Waals surface area contributed by atoms with Crippen molar-refractivity contribution >= 4 is 17.6 Å². The van der Waals surface area contributed by atoms with Crippen molar-refractivity contribution in [1.29, 1.82) is 0 Å². The third-order valence-corrected chi connectivity index (χ3v) is 3.78. The largest absolute Gasteiger partial charge is 0.550 e. The zero-order chi connectivity index (χ0) is 18.2. The predicted octanol–water partition coefficient (Wildman–Crippen LogP) is 1.64. The van der Waals surface area contributed by atoms with Crippen molar-refractivity contribution < 1.29 is 24.2 Å². The Morgan fingerprint density at radius 3 is 1.96 bits per heavy atom. The number of carbonyl (C=O) groups is 2. The molecule has 2 aromatic rings. The second kappa shape index (κ2) is 8.73. The van der Waals surface area contributed by atoms with Gasteiger partial charge in [-0.2, -0.15) is 0 Å². The van der Waals surface area contributed by atoms with Crippen LogP contribution in [0.15, 0.2) is 48.5 Å². The fourth-order valence-corrected chi connectivity index (χ4v) is 2.42. The number of carbonyl (C=O) groups excluding carboxylic acids is 2. The van der Waals surface area contributed by atoms with Crippen LogP contribution in [0, 0.1) is 5.92 Å². The van der Waals surface area contributed by atoms with Gasteiger partial charge in [-0.15, -0.1) is 0 Å². The first-order valence-corrected chi connectivity index (χ1v) is 7.79. The Bertz CT molecular complexity index is 710. The molecule has 25 heavy (non-hydrogen) atoms. The summed E-state index contributed by atoms with van der Waals surface area (Å²) < 4.78 is 10.2. The molecule has 0 unspecified atom stereocenters. The van der Waals surface area contributed by atoms with Gasteiger partial charge in [0.15, 0.2) is 0 Å². The Kier molecular flexibility index (Phi) is 6.39. The van der Waals surface area contributed by atoms with Gasteiger partial charge in [-0.05, 0) is 54.8 Å². The van der Waals surface area contributed by atoms with E-state index in [-0.39, 0.29) is 12.3 Å². The molecule has 0 heterocycles. The van der Waals surface area contributed by atoms with Crippen LogP contribution in [0.2, 0.25) is 0 Å². The van der Waals surface area contributed by atoms with Crippen molar-refractivity contribution in [2.75, 3.05) is 19.5 Å². The molecule has 6 heteroatoms. The number of ether oxygens (including phenoxy) is 2. The summed E-state index contributed by atoms with van der Waals surface area (Å²) in [7, 11) is 3.12. The topological polar surface area (TPSA) is 87.7 Å². The van der Waals surface area contributed by atoms with E-state index in [4.69, 9.17) is 9.47 Å². The number of carboxylic acid groups (broad SMARTS) is 1. The number of rotatable bonds is 8. The van der Waals surface area contributed by atoms with Crippen LogP contribution in [0.4, 0.5) is 5.69 Å². The van der Waals surface area contributed by atoms with Crippen molar-refractivity contribution in [2.45, 2.75) is 12.8 Å². The molecule has 2 rings (SSSR count). The molecule has 6 nitrogen and oxygen atoms in total. The normalized spacial score (nSPS) is 11.4. The van der Waals surface area contributed by atoms with Gasteiger partial charge in [-0.1, -0.05) is 12.1 Å². The first-order chi connectivity index (χ1) is 12.0. The van der Waals surface area contributed by atoms with Gasteiger partial charge >= 0.3 is 0 Å². The van der Waals surface area contributed by atoms with Crippen LogP contribution in [0.3, 0.4) is 0 Å². The standard InChI is InChI=1S/C19H21NO5/c1-24-16-7-3-13(4-8-16)11-14(12-18(21)22)19(23)20-15-5-9-17(25-2)10-6-15/h3-10,14H,11-12H2,1-2H3,(H,20,23)(H,21,22)/p-1/t14-/m0/s1. The Balaban J connectivity index is 2.08. The van der Waals surface area contributed by atoms with Crippen LogP contribution >= 0.6 is 0 Å². The van der Waals surface area contributed by atoms with Crippen LogP contribution in [0.1, 0.15) is 12.0 Å². The Morgan fingerprint density at radius 2 is 1.48 bits per heavy atom. The third-order valence-electron chi connectivity index (χ3n) is 3.78. The van der Waals surface area contributed by atoms with E-state index in [1.54, 1.807) is 50.6 Å². The Morgan fingerprint density at radius 1 is 0.960 bits per heavy atom. The number of hydrogen-bond donors (Lipinski definition) is 1. The minimum absolute atomic E-state index is 0.292. The molecule has 0 aliphatic rings. The zero-order valence-electron chi connectivity index (χ0n) is 14.2. The lowest BCUT2D eigenvalue weighted by Crippen LogP contribution is -2.32. The van der Waals surface area contributed by atoms with E-state index in [2.05, 4.69) is 5.32 Å². The highest BCUT2D eigenvalue weighted by atomic mass is 16.5. The van der Waals surface area contributed by atoms with Gasteiger partial charge in [0.2, 0.25) is 5.91 Å². The van der Waals surface area contributed by atoms with Crippen LogP contribution < -0.4 is 19.9 Å². The lowest BCUT2D eigenvalue weighted by molar-refractivity contribution is -0.306. The van der Waals surface area contributed by atoms with Gasteiger partial charge in [-0.25, -0.2) is 0 Å². The van der Waals surface area contributed by atoms with E-state index in [1.165, 1.54) is 0 Å². The quantitative estimate of drug-likeness (QED) is 0.788. The molecule has 1 amide bonds. The second-order valence-electron chi connectivity index (χ2n) is 5.54. The molecule has 0 bridgehead atoms. The van der Waals surface area contributed by atoms with Gasteiger partial charge < -0.3 is 24.7 Å². The van der Waals surface area contributed by atoms with Crippen LogP contribution in [-0.4, -0.2) is 26.1 Å². The highest BCUT2D eigenvalue weighted by Crippen LogP contribution is 2.20. The third kappa shape index (κ3) is 5.53. The number of aliphatic carboxylic acids is 1. The second-order valence-corrected chi connectivity index (χ2v) is 5.54. The summed E-state index contributed by atoms with van der Waals surface area (Å²) in [6, 6.07) is 14.0. The van der Waals surface area contributed by atoms with Gasteiger partial charge in [0, 0.05) is 17.6 Å². The summed E-state index contributed by atoms with van der Waals surface area (Å²) in [5.74, 6) is -1.00. The molecular weight excluding hydrogens is 322 g/mol. The molecule has 0 fully saturated rings. The summed E-state index contributed by atoms with van der Waals surface area (Å²) >= 11 is 0. The van der Waals surface area contributed by atoms with Crippen molar-refractivity contribution in [3.63, 3.8) is 0 Å². The van der Waals surface area contributed by atoms with E-state index in [0.29, 0.717) is 23.6 Å². The molecule has 0 saturated heterocycles. The van der Waals surface area contributed by atoms with Gasteiger partial charge in [0.1, 0.15) is 11.5 Å². The molecule has 1 N–H and O–H groups in total. The van der Waals surface area contributed by atoms with E-state index >= 15 is 0 Å². The van der Waals surface area contributed by atoms with E-state index in [1.807, 2.05) is 12.1 Å². The first kappa shape index (κ1) is 18.3. The zero-order valence-corrected chi connectivity index (χ0v) is 14.2. The minimum Gasteiger partial charge on any atom is -0.550 e. The average Bonchev–Trinajstić information content (AvgIpc) is 2.62. The monoisotopic (exact) mass is 342 g/mol. The molecule has 0 spiro atoms. The van der Waals surface area contributed by atoms with Crippen molar-refractivity contribution in [1.82, 2.24) is 0 Å². The molecule has 0 saturated carbocycles. The number of carboxylic acids is 1. The SMILES string of the molecule is COc1ccc(C[C@@H](CC(=O)[O-])C(=O)Nc2ccc(OC)cc2)cc1.